The third-order valence-corrected chi connectivity index (χ3v) is 6.23. The highest BCUT2D eigenvalue weighted by Crippen LogP contribution is 2.43. The van der Waals surface area contributed by atoms with E-state index in [2.05, 4.69) is 44.7 Å². The molecule has 2 aliphatic heterocycles. The van der Waals surface area contributed by atoms with E-state index in [0.717, 1.165) is 18.5 Å². The van der Waals surface area contributed by atoms with Crippen LogP contribution < -0.4 is 4.90 Å². The van der Waals surface area contributed by atoms with Crippen molar-refractivity contribution in [1.29, 1.82) is 0 Å². The average molecular weight is 386 g/mol. The molecule has 0 aromatic heterocycles. The normalized spacial score (nSPS) is 22.3. The van der Waals surface area contributed by atoms with Gasteiger partial charge in [-0.25, -0.2) is 0 Å². The molecule has 144 valence electrons. The van der Waals surface area contributed by atoms with Crippen LogP contribution in [0.1, 0.15) is 51.2 Å². The molecular weight excluding hydrogens is 358 g/mol. The van der Waals surface area contributed by atoms with Gasteiger partial charge in [0.1, 0.15) is 5.57 Å². The molecule has 0 unspecified atom stereocenters. The van der Waals surface area contributed by atoms with Crippen LogP contribution in [-0.4, -0.2) is 52.9 Å². The zero-order valence-electron chi connectivity index (χ0n) is 16.9. The quantitative estimate of drug-likeness (QED) is 0.445. The minimum atomic E-state index is -0.356. The van der Waals surface area contributed by atoms with Crippen LogP contribution in [-0.2, 0) is 9.59 Å². The van der Waals surface area contributed by atoms with Crippen LogP contribution in [0.15, 0.2) is 23.8 Å². The molecule has 3 rings (SSSR count). The fourth-order valence-electron chi connectivity index (χ4n) is 4.34. The molecule has 1 aromatic carbocycles. The highest BCUT2D eigenvalue weighted by atomic mass is 32.1. The van der Waals surface area contributed by atoms with Gasteiger partial charge in [-0.15, -0.1) is 0 Å². The number of anilines is 1. The van der Waals surface area contributed by atoms with E-state index in [9.17, 15) is 9.59 Å². The van der Waals surface area contributed by atoms with E-state index in [1.807, 2.05) is 6.07 Å². The van der Waals surface area contributed by atoms with Crippen molar-refractivity contribution in [3.8, 4) is 0 Å². The summed E-state index contributed by atoms with van der Waals surface area (Å²) in [6.45, 7) is 9.91. The molecule has 5 nitrogen and oxygen atoms in total. The fraction of sp³-hybridized carbons (Fsp3) is 0.476. The van der Waals surface area contributed by atoms with Gasteiger partial charge in [-0.05, 0) is 74.7 Å². The Hall–Kier alpha value is -2.21. The molecule has 1 aromatic rings. The van der Waals surface area contributed by atoms with Gasteiger partial charge < -0.3 is 4.90 Å². The molecule has 2 aliphatic rings. The number of fused-ring (bicyclic) bond motifs is 1. The van der Waals surface area contributed by atoms with Crippen LogP contribution >= 0.6 is 12.2 Å². The zero-order valence-corrected chi connectivity index (χ0v) is 17.7. The van der Waals surface area contributed by atoms with Crippen molar-refractivity contribution in [3.63, 3.8) is 0 Å². The number of carbonyl (C=O) groups excluding carboxylic acids is 2. The van der Waals surface area contributed by atoms with Crippen molar-refractivity contribution in [2.45, 2.75) is 45.6 Å². The van der Waals surface area contributed by atoms with E-state index in [4.69, 9.17) is 12.2 Å². The minimum Gasteiger partial charge on any atom is -0.366 e. The molecule has 0 bridgehead atoms. The van der Waals surface area contributed by atoms with Gasteiger partial charge in [-0.2, -0.15) is 0 Å². The molecule has 1 fully saturated rings. The third kappa shape index (κ3) is 3.16. The van der Waals surface area contributed by atoms with Gasteiger partial charge in [-0.1, -0.05) is 13.0 Å². The van der Waals surface area contributed by atoms with Crippen LogP contribution in [0.25, 0.3) is 6.08 Å². The molecule has 0 N–H and O–H groups in total. The molecule has 0 saturated carbocycles. The minimum absolute atomic E-state index is 0.109. The fourth-order valence-corrected chi connectivity index (χ4v) is 4.50. The van der Waals surface area contributed by atoms with Gasteiger partial charge in [0.2, 0.25) is 0 Å². The second kappa shape index (κ2) is 6.75. The summed E-state index contributed by atoms with van der Waals surface area (Å²) in [5.74, 6) is -0.304. The molecule has 1 saturated heterocycles. The van der Waals surface area contributed by atoms with Crippen molar-refractivity contribution in [2.24, 2.45) is 0 Å². The summed E-state index contributed by atoms with van der Waals surface area (Å²) >= 11 is 5.14. The van der Waals surface area contributed by atoms with E-state index in [-0.39, 0.29) is 28.0 Å². The van der Waals surface area contributed by atoms with Crippen molar-refractivity contribution < 1.29 is 9.59 Å². The maximum atomic E-state index is 12.5. The summed E-state index contributed by atoms with van der Waals surface area (Å²) in [5, 5.41) is 0.224. The lowest BCUT2D eigenvalue weighted by Gasteiger charge is -2.47. The van der Waals surface area contributed by atoms with Gasteiger partial charge in [0.05, 0.1) is 0 Å². The number of hydrogen-bond acceptors (Lipinski definition) is 4. The van der Waals surface area contributed by atoms with Gasteiger partial charge in [-0.3, -0.25) is 19.4 Å². The average Bonchev–Trinajstić information content (AvgIpc) is 2.62. The monoisotopic (exact) mass is 385 g/mol. The van der Waals surface area contributed by atoms with Crippen LogP contribution in [0.4, 0.5) is 5.69 Å². The number of benzene rings is 1. The summed E-state index contributed by atoms with van der Waals surface area (Å²) in [6, 6.07) is 6.20. The van der Waals surface area contributed by atoms with E-state index in [1.54, 1.807) is 20.2 Å². The van der Waals surface area contributed by atoms with Crippen LogP contribution in [0.2, 0.25) is 0 Å². The Morgan fingerprint density at radius 2 is 1.78 bits per heavy atom. The predicted octanol–water partition coefficient (Wildman–Crippen LogP) is 3.40. The summed E-state index contributed by atoms with van der Waals surface area (Å²) in [4.78, 5) is 30.2. The highest BCUT2D eigenvalue weighted by molar-refractivity contribution is 7.80. The summed E-state index contributed by atoms with van der Waals surface area (Å²) in [7, 11) is 3.19. The van der Waals surface area contributed by atoms with Crippen LogP contribution in [0.5, 0.6) is 0 Å². The lowest BCUT2D eigenvalue weighted by atomic mass is 9.79. The number of nitrogens with zero attached hydrogens (tertiary/aromatic N) is 3. The van der Waals surface area contributed by atoms with E-state index in [0.29, 0.717) is 5.92 Å². The van der Waals surface area contributed by atoms with Gasteiger partial charge in [0.25, 0.3) is 11.8 Å². The van der Waals surface area contributed by atoms with Crippen molar-refractivity contribution in [2.75, 3.05) is 25.5 Å². The van der Waals surface area contributed by atoms with E-state index in [1.165, 1.54) is 21.1 Å². The highest BCUT2D eigenvalue weighted by Gasteiger charge is 2.37. The second-order valence-corrected chi connectivity index (χ2v) is 8.41. The lowest BCUT2D eigenvalue weighted by Crippen LogP contribution is -2.52. The Morgan fingerprint density at radius 1 is 1.19 bits per heavy atom. The van der Waals surface area contributed by atoms with Gasteiger partial charge >= 0.3 is 0 Å². The Morgan fingerprint density at radius 3 is 2.33 bits per heavy atom. The Kier molecular flexibility index (Phi) is 4.89. The third-order valence-electron chi connectivity index (χ3n) is 5.68. The first-order chi connectivity index (χ1) is 12.6. The van der Waals surface area contributed by atoms with Gasteiger partial charge in [0, 0.05) is 31.9 Å². The van der Waals surface area contributed by atoms with Crippen molar-refractivity contribution >= 4 is 40.9 Å². The first-order valence-electron chi connectivity index (χ1n) is 9.31. The Bertz CT molecular complexity index is 833. The number of likely N-dealkylation sites (N-methyl/N-ethyl adjacent to an activating group) is 2. The molecule has 27 heavy (non-hydrogen) atoms. The predicted molar refractivity (Wildman–Crippen MR) is 113 cm³/mol. The number of rotatable bonds is 2. The summed E-state index contributed by atoms with van der Waals surface area (Å²) < 4.78 is 0. The number of carbonyl (C=O) groups is 2. The SMILES string of the molecule is CCN1c2ccc(C=C3C(=O)N(C)C(=S)N(C)C3=O)cc2[C@@H](C)CC1(C)C. The largest absolute Gasteiger partial charge is 0.366 e. The van der Waals surface area contributed by atoms with Crippen LogP contribution in [0.3, 0.4) is 0 Å². The number of hydrogen-bond donors (Lipinski definition) is 0. The van der Waals surface area contributed by atoms with Crippen LogP contribution in [0, 0.1) is 0 Å². The molecule has 0 aliphatic carbocycles. The molecule has 6 heteroatoms. The maximum absolute atomic E-state index is 12.5. The van der Waals surface area contributed by atoms with Crippen molar-refractivity contribution in [1.82, 2.24) is 9.80 Å². The first kappa shape index (κ1) is 19.5. The molecule has 1 atom stereocenters. The summed E-state index contributed by atoms with van der Waals surface area (Å²) in [6.07, 6.45) is 2.74. The Balaban J connectivity index is 2.04. The smallest absolute Gasteiger partial charge is 0.265 e. The number of thiocarbonyl (C=S) groups is 1. The van der Waals surface area contributed by atoms with E-state index < -0.39 is 0 Å². The topological polar surface area (TPSA) is 43.9 Å². The Labute approximate surface area is 166 Å². The molecule has 2 amide bonds. The maximum Gasteiger partial charge on any atom is 0.265 e. The standard InChI is InChI=1S/C21H27N3O2S/c1-7-24-17-9-8-14(10-15(17)13(2)12-21(24,3)4)11-16-18(25)22(5)20(27)23(6)19(16)26/h8-11,13H,7,12H2,1-6H3/t13-/m0/s1. The summed E-state index contributed by atoms with van der Waals surface area (Å²) in [5.41, 5.74) is 3.61. The lowest BCUT2D eigenvalue weighted by molar-refractivity contribution is -0.132. The van der Waals surface area contributed by atoms with Gasteiger partial charge in [0.15, 0.2) is 5.11 Å². The molecular formula is C21H27N3O2S. The van der Waals surface area contributed by atoms with Crippen molar-refractivity contribution in [3.05, 3.63) is 34.9 Å². The molecule has 0 spiro atoms. The van der Waals surface area contributed by atoms with E-state index >= 15 is 0 Å². The zero-order chi connectivity index (χ0) is 20.1. The first-order valence-corrected chi connectivity index (χ1v) is 9.72. The molecule has 0 radical (unpaired) electrons. The second-order valence-electron chi connectivity index (χ2n) is 8.05. The number of amides is 2. The molecule has 2 heterocycles.